The van der Waals surface area contributed by atoms with Crippen molar-refractivity contribution >= 4 is 23.0 Å². The number of benzene rings is 2. The lowest BCUT2D eigenvalue weighted by molar-refractivity contribution is -0.383. The summed E-state index contributed by atoms with van der Waals surface area (Å²) in [5.74, 6) is -1.41. The van der Waals surface area contributed by atoms with Gasteiger partial charge >= 0.3 is 0 Å². The van der Waals surface area contributed by atoms with E-state index in [2.05, 4.69) is 5.32 Å². The van der Waals surface area contributed by atoms with Crippen LogP contribution in [0, 0.1) is 21.7 Å². The standard InChI is InChI=1S/C13H9ClF2N2O2/c14-10-2-1-3-12(18(19)20)13(10)17-7-8-4-5-9(15)6-11(8)16/h1-6,17H,7H2. The summed E-state index contributed by atoms with van der Waals surface area (Å²) < 4.78 is 26.2. The third-order valence-corrected chi connectivity index (χ3v) is 2.97. The maximum atomic E-state index is 13.5. The molecule has 0 saturated carbocycles. The molecule has 0 heterocycles. The van der Waals surface area contributed by atoms with Crippen LogP contribution in [0.1, 0.15) is 5.56 Å². The molecule has 2 rings (SSSR count). The van der Waals surface area contributed by atoms with Gasteiger partial charge in [0.2, 0.25) is 0 Å². The summed E-state index contributed by atoms with van der Waals surface area (Å²) in [5.41, 5.74) is 0.0727. The Labute approximate surface area is 118 Å². The predicted molar refractivity (Wildman–Crippen MR) is 71.8 cm³/mol. The van der Waals surface area contributed by atoms with E-state index in [1.807, 2.05) is 0 Å². The van der Waals surface area contributed by atoms with Crippen molar-refractivity contribution in [1.29, 1.82) is 0 Å². The molecule has 104 valence electrons. The van der Waals surface area contributed by atoms with E-state index in [4.69, 9.17) is 11.6 Å². The Kier molecular flexibility index (Phi) is 4.14. The normalized spacial score (nSPS) is 10.3. The molecule has 0 unspecified atom stereocenters. The summed E-state index contributed by atoms with van der Waals surface area (Å²) in [7, 11) is 0. The molecule has 0 aromatic heterocycles. The van der Waals surface area contributed by atoms with Crippen molar-refractivity contribution in [1.82, 2.24) is 0 Å². The van der Waals surface area contributed by atoms with Crippen LogP contribution in [0.15, 0.2) is 36.4 Å². The number of hydrogen-bond acceptors (Lipinski definition) is 3. The molecule has 0 aliphatic carbocycles. The third-order valence-electron chi connectivity index (χ3n) is 2.66. The maximum Gasteiger partial charge on any atom is 0.293 e. The number of halogens is 3. The van der Waals surface area contributed by atoms with E-state index in [1.54, 1.807) is 0 Å². The molecule has 0 amide bonds. The molecule has 0 radical (unpaired) electrons. The number of rotatable bonds is 4. The van der Waals surface area contributed by atoms with Crippen molar-refractivity contribution in [3.63, 3.8) is 0 Å². The summed E-state index contributed by atoms with van der Waals surface area (Å²) in [4.78, 5) is 10.3. The highest BCUT2D eigenvalue weighted by Crippen LogP contribution is 2.32. The van der Waals surface area contributed by atoms with Gasteiger partial charge in [0.15, 0.2) is 0 Å². The maximum absolute atomic E-state index is 13.5. The molecule has 0 fully saturated rings. The van der Waals surface area contributed by atoms with Crippen molar-refractivity contribution < 1.29 is 13.7 Å². The number of nitrogens with zero attached hydrogens (tertiary/aromatic N) is 1. The van der Waals surface area contributed by atoms with Gasteiger partial charge in [-0.2, -0.15) is 0 Å². The van der Waals surface area contributed by atoms with Crippen LogP contribution in [0.2, 0.25) is 5.02 Å². The summed E-state index contributed by atoms with van der Waals surface area (Å²) in [6, 6.07) is 7.34. The van der Waals surface area contributed by atoms with Gasteiger partial charge in [-0.15, -0.1) is 0 Å². The molecule has 1 N–H and O–H groups in total. The van der Waals surface area contributed by atoms with Crippen LogP contribution in [0.4, 0.5) is 20.2 Å². The van der Waals surface area contributed by atoms with Crippen LogP contribution in [-0.4, -0.2) is 4.92 Å². The number of nitrogens with one attached hydrogen (secondary N) is 1. The van der Waals surface area contributed by atoms with Crippen LogP contribution in [-0.2, 0) is 6.54 Å². The first-order chi connectivity index (χ1) is 9.49. The molecule has 7 heteroatoms. The molecular weight excluding hydrogens is 290 g/mol. The monoisotopic (exact) mass is 298 g/mol. The van der Waals surface area contributed by atoms with Crippen LogP contribution in [0.5, 0.6) is 0 Å². The van der Waals surface area contributed by atoms with Gasteiger partial charge in [-0.25, -0.2) is 8.78 Å². The lowest BCUT2D eigenvalue weighted by atomic mass is 10.2. The fraction of sp³-hybridized carbons (Fsp3) is 0.0769. The van der Waals surface area contributed by atoms with E-state index < -0.39 is 16.6 Å². The zero-order valence-corrected chi connectivity index (χ0v) is 10.8. The van der Waals surface area contributed by atoms with E-state index in [-0.39, 0.29) is 28.5 Å². The van der Waals surface area contributed by atoms with Crippen molar-refractivity contribution in [2.45, 2.75) is 6.54 Å². The second-order valence-corrected chi connectivity index (χ2v) is 4.39. The number of anilines is 1. The van der Waals surface area contributed by atoms with E-state index in [0.717, 1.165) is 12.1 Å². The van der Waals surface area contributed by atoms with Gasteiger partial charge in [-0.1, -0.05) is 23.7 Å². The number of para-hydroxylation sites is 1. The quantitative estimate of drug-likeness (QED) is 0.682. The first-order valence-electron chi connectivity index (χ1n) is 5.59. The summed E-state index contributed by atoms with van der Waals surface area (Å²) in [6.45, 7) is -0.0450. The van der Waals surface area contributed by atoms with E-state index >= 15 is 0 Å². The smallest absolute Gasteiger partial charge is 0.293 e. The molecule has 4 nitrogen and oxygen atoms in total. The minimum atomic E-state index is -0.729. The average Bonchev–Trinajstić information content (AvgIpc) is 2.38. The molecule has 20 heavy (non-hydrogen) atoms. The molecule has 0 atom stereocenters. The van der Waals surface area contributed by atoms with Gasteiger partial charge in [-0.05, 0) is 12.1 Å². The van der Waals surface area contributed by atoms with Gasteiger partial charge < -0.3 is 5.32 Å². The Bertz CT molecular complexity index is 665. The topological polar surface area (TPSA) is 55.2 Å². The predicted octanol–water partition coefficient (Wildman–Crippen LogP) is 4.14. The Morgan fingerprint density at radius 3 is 2.65 bits per heavy atom. The van der Waals surface area contributed by atoms with Gasteiger partial charge in [0, 0.05) is 24.2 Å². The molecule has 2 aromatic carbocycles. The fourth-order valence-corrected chi connectivity index (χ4v) is 1.92. The van der Waals surface area contributed by atoms with Gasteiger partial charge in [0.05, 0.1) is 9.95 Å². The number of hydrogen-bond donors (Lipinski definition) is 1. The van der Waals surface area contributed by atoms with E-state index in [9.17, 15) is 18.9 Å². The Balaban J connectivity index is 2.25. The van der Waals surface area contributed by atoms with E-state index in [0.29, 0.717) is 0 Å². The molecule has 0 spiro atoms. The SMILES string of the molecule is O=[N+]([O-])c1cccc(Cl)c1NCc1ccc(F)cc1F. The van der Waals surface area contributed by atoms with E-state index in [1.165, 1.54) is 24.3 Å². The lowest BCUT2D eigenvalue weighted by Gasteiger charge is -2.09. The minimum absolute atomic E-state index is 0.0450. The van der Waals surface area contributed by atoms with Crippen molar-refractivity contribution in [3.8, 4) is 0 Å². The van der Waals surface area contributed by atoms with Gasteiger partial charge in [0.1, 0.15) is 17.3 Å². The molecule has 0 aliphatic rings. The highest BCUT2D eigenvalue weighted by Gasteiger charge is 2.16. The molecule has 0 aliphatic heterocycles. The van der Waals surface area contributed by atoms with Crippen LogP contribution in [0.3, 0.4) is 0 Å². The zero-order chi connectivity index (χ0) is 14.7. The zero-order valence-electron chi connectivity index (χ0n) is 10.1. The Morgan fingerprint density at radius 1 is 1.25 bits per heavy atom. The largest absolute Gasteiger partial charge is 0.374 e. The first kappa shape index (κ1) is 14.2. The van der Waals surface area contributed by atoms with Crippen molar-refractivity contribution in [2.75, 3.05) is 5.32 Å². The molecule has 0 bridgehead atoms. The minimum Gasteiger partial charge on any atom is -0.374 e. The van der Waals surface area contributed by atoms with Crippen LogP contribution >= 0.6 is 11.6 Å². The summed E-state index contributed by atoms with van der Waals surface area (Å²) in [6.07, 6.45) is 0. The highest BCUT2D eigenvalue weighted by molar-refractivity contribution is 6.33. The second-order valence-electron chi connectivity index (χ2n) is 3.98. The second kappa shape index (κ2) is 5.83. The third kappa shape index (κ3) is 3.03. The Morgan fingerprint density at radius 2 is 2.00 bits per heavy atom. The van der Waals surface area contributed by atoms with Crippen LogP contribution in [0.25, 0.3) is 0 Å². The van der Waals surface area contributed by atoms with Gasteiger partial charge in [-0.3, -0.25) is 10.1 Å². The van der Waals surface area contributed by atoms with Crippen molar-refractivity contribution in [2.24, 2.45) is 0 Å². The molecule has 2 aromatic rings. The van der Waals surface area contributed by atoms with Crippen molar-refractivity contribution in [3.05, 3.63) is 68.7 Å². The number of nitro benzene ring substituents is 1. The van der Waals surface area contributed by atoms with Crippen LogP contribution < -0.4 is 5.32 Å². The molecular formula is C13H9ClF2N2O2. The van der Waals surface area contributed by atoms with Gasteiger partial charge in [0.25, 0.3) is 5.69 Å². The Hall–Kier alpha value is -2.21. The molecule has 0 saturated heterocycles. The lowest BCUT2D eigenvalue weighted by Crippen LogP contribution is -2.05. The fourth-order valence-electron chi connectivity index (χ4n) is 1.69. The summed E-state index contributed by atoms with van der Waals surface area (Å²) in [5, 5.41) is 13.7. The number of nitro groups is 1. The first-order valence-corrected chi connectivity index (χ1v) is 5.97. The summed E-state index contributed by atoms with van der Waals surface area (Å²) >= 11 is 5.88. The highest BCUT2D eigenvalue weighted by atomic mass is 35.5. The average molecular weight is 299 g/mol.